The third kappa shape index (κ3) is 4.36. The van der Waals surface area contributed by atoms with Crippen LogP contribution >= 0.6 is 0 Å². The first-order chi connectivity index (χ1) is 11.0. The summed E-state index contributed by atoms with van der Waals surface area (Å²) in [6.07, 6.45) is 0.0392. The minimum atomic E-state index is -1.10. The molecule has 1 aromatic heterocycles. The van der Waals surface area contributed by atoms with E-state index in [9.17, 15) is 4.79 Å². The van der Waals surface area contributed by atoms with E-state index in [1.165, 1.54) is 6.07 Å². The van der Waals surface area contributed by atoms with Crippen LogP contribution in [0.25, 0.3) is 0 Å². The molecule has 0 saturated carbocycles. The van der Waals surface area contributed by atoms with Crippen molar-refractivity contribution in [3.63, 3.8) is 0 Å². The predicted octanol–water partition coefficient (Wildman–Crippen LogP) is 1.23. The topological polar surface area (TPSA) is 117 Å². The van der Waals surface area contributed by atoms with Crippen molar-refractivity contribution in [2.75, 3.05) is 14.2 Å². The number of nitrogens with zero attached hydrogens (tertiary/aromatic N) is 1. The lowest BCUT2D eigenvalue weighted by Gasteiger charge is -2.10. The molecule has 0 radical (unpaired) electrons. The van der Waals surface area contributed by atoms with Crippen LogP contribution in [0.15, 0.2) is 28.8 Å². The summed E-state index contributed by atoms with van der Waals surface area (Å²) in [5.74, 6) is 0.789. The number of hydrogen-bond donors (Lipinski definition) is 2. The average molecular weight is 322 g/mol. The zero-order valence-electron chi connectivity index (χ0n) is 12.8. The van der Waals surface area contributed by atoms with Crippen LogP contribution in [-0.2, 0) is 17.8 Å². The van der Waals surface area contributed by atoms with Crippen LogP contribution in [0, 0.1) is 0 Å². The number of aromatic nitrogens is 1. The molecule has 0 aliphatic rings. The number of carbonyl (C=O) groups is 1. The zero-order valence-corrected chi connectivity index (χ0v) is 12.8. The van der Waals surface area contributed by atoms with Gasteiger partial charge in [-0.25, -0.2) is 0 Å². The van der Waals surface area contributed by atoms with Gasteiger partial charge in [0.05, 0.1) is 14.2 Å². The molecule has 3 N–H and O–H groups in total. The number of nitrogens with two attached hydrogens (primary N) is 1. The fourth-order valence-corrected chi connectivity index (χ4v) is 1.89. The predicted molar refractivity (Wildman–Crippen MR) is 79.7 cm³/mol. The molecular formula is C15H18N2O6. The zero-order chi connectivity index (χ0) is 16.8. The van der Waals surface area contributed by atoms with E-state index in [1.54, 1.807) is 26.4 Å². The molecule has 124 valence electrons. The normalized spacial score (nSPS) is 11.8. The molecule has 1 aromatic carbocycles. The van der Waals surface area contributed by atoms with Crippen molar-refractivity contribution in [3.05, 3.63) is 35.6 Å². The molecule has 0 fully saturated rings. The first-order valence-corrected chi connectivity index (χ1v) is 6.81. The number of aliphatic carboxylic acids is 1. The van der Waals surface area contributed by atoms with Crippen molar-refractivity contribution in [2.24, 2.45) is 5.73 Å². The van der Waals surface area contributed by atoms with Gasteiger partial charge >= 0.3 is 5.97 Å². The molecule has 1 heterocycles. The number of carboxylic acid groups (broad SMARTS) is 1. The Morgan fingerprint density at radius 3 is 2.78 bits per heavy atom. The lowest BCUT2D eigenvalue weighted by Crippen LogP contribution is -2.32. The van der Waals surface area contributed by atoms with E-state index in [0.717, 1.165) is 5.56 Å². The van der Waals surface area contributed by atoms with Gasteiger partial charge in [-0.3, -0.25) is 4.79 Å². The minimum absolute atomic E-state index is 0.0392. The molecule has 23 heavy (non-hydrogen) atoms. The molecule has 0 aliphatic carbocycles. The van der Waals surface area contributed by atoms with Gasteiger partial charge in [0.2, 0.25) is 0 Å². The van der Waals surface area contributed by atoms with Crippen LogP contribution < -0.4 is 19.9 Å². The van der Waals surface area contributed by atoms with Gasteiger partial charge in [0, 0.05) is 24.1 Å². The lowest BCUT2D eigenvalue weighted by atomic mass is 10.2. The van der Waals surface area contributed by atoms with Crippen LogP contribution in [0.1, 0.15) is 11.3 Å². The quantitative estimate of drug-likeness (QED) is 0.745. The van der Waals surface area contributed by atoms with Gasteiger partial charge in [-0.1, -0.05) is 0 Å². The van der Waals surface area contributed by atoms with Crippen molar-refractivity contribution in [3.8, 4) is 17.4 Å². The van der Waals surface area contributed by atoms with E-state index in [-0.39, 0.29) is 18.9 Å². The monoisotopic (exact) mass is 322 g/mol. The van der Waals surface area contributed by atoms with E-state index < -0.39 is 12.0 Å². The Kier molecular flexibility index (Phi) is 5.42. The first-order valence-electron chi connectivity index (χ1n) is 6.81. The van der Waals surface area contributed by atoms with Crippen molar-refractivity contribution >= 4 is 5.97 Å². The van der Waals surface area contributed by atoms with Gasteiger partial charge in [0.25, 0.3) is 5.88 Å². The van der Waals surface area contributed by atoms with Gasteiger partial charge in [0.1, 0.15) is 29.9 Å². The number of carboxylic acids is 1. The molecule has 8 heteroatoms. The Bertz CT molecular complexity index is 670. The Hall–Kier alpha value is -2.74. The minimum Gasteiger partial charge on any atom is -0.497 e. The van der Waals surface area contributed by atoms with Crippen molar-refractivity contribution in [2.45, 2.75) is 19.1 Å². The van der Waals surface area contributed by atoms with Crippen molar-refractivity contribution in [1.29, 1.82) is 0 Å². The van der Waals surface area contributed by atoms with Gasteiger partial charge < -0.3 is 29.6 Å². The second-order valence-electron chi connectivity index (χ2n) is 4.75. The smallest absolute Gasteiger partial charge is 0.320 e. The number of methoxy groups -OCH3 is 2. The van der Waals surface area contributed by atoms with Gasteiger partial charge in [-0.15, -0.1) is 0 Å². The maximum atomic E-state index is 10.7. The first kappa shape index (κ1) is 16.6. The maximum absolute atomic E-state index is 10.7. The molecule has 1 atom stereocenters. The summed E-state index contributed by atoms with van der Waals surface area (Å²) < 4.78 is 20.9. The standard InChI is InChI=1S/C15H18N2O6/c1-20-10-4-3-9(13(6-10)21-2)8-22-14-7-11(23-17-14)5-12(16)15(18)19/h3-4,6-7,12H,5,8,16H2,1-2H3,(H,18,19)/t12-/m0/s1. The highest BCUT2D eigenvalue weighted by atomic mass is 16.5. The van der Waals surface area contributed by atoms with Crippen LogP contribution in [0.2, 0.25) is 0 Å². The number of rotatable bonds is 8. The Balaban J connectivity index is 1.99. The van der Waals surface area contributed by atoms with E-state index >= 15 is 0 Å². The van der Waals surface area contributed by atoms with Crippen LogP contribution in [-0.4, -0.2) is 36.5 Å². The van der Waals surface area contributed by atoms with Gasteiger partial charge in [0.15, 0.2) is 0 Å². The summed E-state index contributed by atoms with van der Waals surface area (Å²) in [6.45, 7) is 0.212. The Morgan fingerprint density at radius 1 is 1.35 bits per heavy atom. The maximum Gasteiger partial charge on any atom is 0.320 e. The molecule has 8 nitrogen and oxygen atoms in total. The molecule has 0 aliphatic heterocycles. The van der Waals surface area contributed by atoms with Crippen LogP contribution in [0.3, 0.4) is 0 Å². The molecule has 2 rings (SSSR count). The number of benzene rings is 1. The second-order valence-corrected chi connectivity index (χ2v) is 4.75. The molecule has 2 aromatic rings. The average Bonchev–Trinajstić information content (AvgIpc) is 3.00. The highest BCUT2D eigenvalue weighted by Gasteiger charge is 2.16. The molecule has 0 amide bonds. The summed E-state index contributed by atoms with van der Waals surface area (Å²) in [7, 11) is 3.13. The van der Waals surface area contributed by atoms with E-state index in [1.807, 2.05) is 6.07 Å². The number of ether oxygens (including phenoxy) is 3. The molecular weight excluding hydrogens is 304 g/mol. The molecule has 0 saturated heterocycles. The highest BCUT2D eigenvalue weighted by Crippen LogP contribution is 2.25. The molecule has 0 bridgehead atoms. The third-order valence-corrected chi connectivity index (χ3v) is 3.15. The Morgan fingerprint density at radius 2 is 2.13 bits per heavy atom. The molecule has 0 spiro atoms. The second kappa shape index (κ2) is 7.50. The fourth-order valence-electron chi connectivity index (χ4n) is 1.89. The Labute approximate surface area is 132 Å². The lowest BCUT2D eigenvalue weighted by molar-refractivity contribution is -0.138. The molecule has 0 unspecified atom stereocenters. The fraction of sp³-hybridized carbons (Fsp3) is 0.333. The third-order valence-electron chi connectivity index (χ3n) is 3.15. The van der Waals surface area contributed by atoms with Gasteiger partial charge in [-0.2, -0.15) is 0 Å². The SMILES string of the molecule is COc1ccc(COc2cc(C[C@H](N)C(=O)O)on2)c(OC)c1. The van der Waals surface area contributed by atoms with Crippen LogP contribution in [0.5, 0.6) is 17.4 Å². The van der Waals surface area contributed by atoms with E-state index in [0.29, 0.717) is 17.3 Å². The number of hydrogen-bond acceptors (Lipinski definition) is 7. The van der Waals surface area contributed by atoms with E-state index in [2.05, 4.69) is 5.16 Å². The van der Waals surface area contributed by atoms with Gasteiger partial charge in [-0.05, 0) is 17.3 Å². The van der Waals surface area contributed by atoms with Crippen LogP contribution in [0.4, 0.5) is 0 Å². The van der Waals surface area contributed by atoms with E-state index in [4.69, 9.17) is 29.6 Å². The summed E-state index contributed by atoms with van der Waals surface area (Å²) in [6, 6.07) is 5.83. The summed E-state index contributed by atoms with van der Waals surface area (Å²) in [4.78, 5) is 10.7. The summed E-state index contributed by atoms with van der Waals surface area (Å²) >= 11 is 0. The summed E-state index contributed by atoms with van der Waals surface area (Å²) in [5.41, 5.74) is 6.24. The van der Waals surface area contributed by atoms with Crippen molar-refractivity contribution in [1.82, 2.24) is 5.16 Å². The summed E-state index contributed by atoms with van der Waals surface area (Å²) in [5, 5.41) is 12.5. The van der Waals surface area contributed by atoms with Crippen molar-refractivity contribution < 1.29 is 28.6 Å². The highest BCUT2D eigenvalue weighted by molar-refractivity contribution is 5.73. The largest absolute Gasteiger partial charge is 0.497 e.